The summed E-state index contributed by atoms with van der Waals surface area (Å²) in [5, 5.41) is 8.75. The van der Waals surface area contributed by atoms with E-state index in [0.29, 0.717) is 6.04 Å². The zero-order chi connectivity index (χ0) is 14.1. The van der Waals surface area contributed by atoms with E-state index in [4.69, 9.17) is 5.11 Å². The van der Waals surface area contributed by atoms with Crippen LogP contribution < -0.4 is 0 Å². The van der Waals surface area contributed by atoms with E-state index >= 15 is 0 Å². The van der Waals surface area contributed by atoms with E-state index in [2.05, 4.69) is 43.0 Å². The number of hydrogen-bond donors (Lipinski definition) is 1. The molecule has 0 aliphatic rings. The molecule has 0 spiro atoms. The van der Waals surface area contributed by atoms with E-state index in [1.165, 1.54) is 5.56 Å². The maximum absolute atomic E-state index is 10.6. The van der Waals surface area contributed by atoms with E-state index in [-0.39, 0.29) is 6.42 Å². The molecule has 1 unspecified atom stereocenters. The summed E-state index contributed by atoms with van der Waals surface area (Å²) >= 11 is 0. The molecule has 0 amide bonds. The summed E-state index contributed by atoms with van der Waals surface area (Å²) in [5.74, 6) is -0.704. The molecule has 0 bridgehead atoms. The Morgan fingerprint density at radius 1 is 1.21 bits per heavy atom. The lowest BCUT2D eigenvalue weighted by atomic mass is 10.0. The van der Waals surface area contributed by atoms with Gasteiger partial charge in [0.1, 0.15) is 0 Å². The van der Waals surface area contributed by atoms with Crippen LogP contribution in [0.15, 0.2) is 30.3 Å². The Bertz CT molecular complexity index is 364. The van der Waals surface area contributed by atoms with Gasteiger partial charge in [-0.2, -0.15) is 0 Å². The van der Waals surface area contributed by atoms with Gasteiger partial charge in [-0.15, -0.1) is 0 Å². The van der Waals surface area contributed by atoms with Crippen molar-refractivity contribution < 1.29 is 9.90 Å². The average molecular weight is 263 g/mol. The first-order valence-corrected chi connectivity index (χ1v) is 7.19. The molecular weight excluding hydrogens is 238 g/mol. The third-order valence-corrected chi connectivity index (χ3v) is 3.36. The number of carboxylic acid groups (broad SMARTS) is 1. The van der Waals surface area contributed by atoms with E-state index < -0.39 is 5.97 Å². The molecule has 3 heteroatoms. The summed E-state index contributed by atoms with van der Waals surface area (Å²) in [6.07, 6.45) is 3.12. The van der Waals surface area contributed by atoms with Gasteiger partial charge in [-0.3, -0.25) is 9.69 Å². The van der Waals surface area contributed by atoms with E-state index in [1.54, 1.807) is 0 Å². The molecular formula is C16H25NO2. The number of benzene rings is 1. The van der Waals surface area contributed by atoms with Crippen LogP contribution in [-0.4, -0.2) is 29.1 Å². The van der Waals surface area contributed by atoms with Crippen LogP contribution in [0.4, 0.5) is 0 Å². The van der Waals surface area contributed by atoms with E-state index in [9.17, 15) is 4.79 Å². The second-order valence-corrected chi connectivity index (χ2v) is 4.87. The third kappa shape index (κ3) is 5.43. The van der Waals surface area contributed by atoms with Crippen molar-refractivity contribution in [2.24, 2.45) is 0 Å². The van der Waals surface area contributed by atoms with Crippen LogP contribution >= 0.6 is 0 Å². The Balaban J connectivity index is 2.68. The Hall–Kier alpha value is -1.35. The van der Waals surface area contributed by atoms with Crippen molar-refractivity contribution in [3.05, 3.63) is 35.9 Å². The highest BCUT2D eigenvalue weighted by Crippen LogP contribution is 2.24. The third-order valence-electron chi connectivity index (χ3n) is 3.36. The van der Waals surface area contributed by atoms with Crippen LogP contribution in [0.2, 0.25) is 0 Å². The first-order chi connectivity index (χ1) is 9.19. The van der Waals surface area contributed by atoms with Gasteiger partial charge in [-0.1, -0.05) is 44.2 Å². The quantitative estimate of drug-likeness (QED) is 0.738. The highest BCUT2D eigenvalue weighted by molar-refractivity contribution is 5.66. The van der Waals surface area contributed by atoms with Crippen LogP contribution in [0.1, 0.15) is 51.1 Å². The fourth-order valence-electron chi connectivity index (χ4n) is 2.52. The van der Waals surface area contributed by atoms with Gasteiger partial charge in [-0.05, 0) is 37.9 Å². The number of hydrogen-bond acceptors (Lipinski definition) is 2. The molecule has 0 radical (unpaired) electrons. The zero-order valence-corrected chi connectivity index (χ0v) is 12.0. The molecule has 0 saturated heterocycles. The van der Waals surface area contributed by atoms with Gasteiger partial charge in [0, 0.05) is 12.5 Å². The van der Waals surface area contributed by atoms with Crippen molar-refractivity contribution in [1.82, 2.24) is 4.90 Å². The summed E-state index contributed by atoms with van der Waals surface area (Å²) in [6, 6.07) is 10.9. The van der Waals surface area contributed by atoms with Crippen LogP contribution in [-0.2, 0) is 4.79 Å². The molecule has 0 saturated carbocycles. The van der Waals surface area contributed by atoms with Crippen molar-refractivity contribution in [3.63, 3.8) is 0 Å². The second-order valence-electron chi connectivity index (χ2n) is 4.87. The molecule has 1 aromatic rings. The number of nitrogens with zero attached hydrogens (tertiary/aromatic N) is 1. The molecule has 0 aliphatic heterocycles. The monoisotopic (exact) mass is 263 g/mol. The van der Waals surface area contributed by atoms with E-state index in [0.717, 1.165) is 32.4 Å². The number of carboxylic acids is 1. The fraction of sp³-hybridized carbons (Fsp3) is 0.562. The number of carbonyl (C=O) groups is 1. The topological polar surface area (TPSA) is 40.5 Å². The molecule has 1 N–H and O–H groups in total. The molecule has 1 atom stereocenters. The normalized spacial score (nSPS) is 12.6. The molecule has 0 aliphatic carbocycles. The van der Waals surface area contributed by atoms with Crippen LogP contribution in [0.3, 0.4) is 0 Å². The summed E-state index contributed by atoms with van der Waals surface area (Å²) < 4.78 is 0. The molecule has 1 aromatic carbocycles. The predicted molar refractivity (Wildman–Crippen MR) is 78.2 cm³/mol. The maximum atomic E-state index is 10.6. The van der Waals surface area contributed by atoms with Crippen LogP contribution in [0.25, 0.3) is 0 Å². The Morgan fingerprint density at radius 2 is 1.89 bits per heavy atom. The van der Waals surface area contributed by atoms with Gasteiger partial charge in [0.25, 0.3) is 0 Å². The smallest absolute Gasteiger partial charge is 0.303 e. The van der Waals surface area contributed by atoms with Gasteiger partial charge in [0.15, 0.2) is 0 Å². The van der Waals surface area contributed by atoms with Gasteiger partial charge < -0.3 is 5.11 Å². The first kappa shape index (κ1) is 15.7. The highest BCUT2D eigenvalue weighted by Gasteiger charge is 2.17. The SMILES string of the molecule is CCCN(CCCC(=O)O)C(CC)c1ccccc1. The molecule has 0 heterocycles. The maximum Gasteiger partial charge on any atom is 0.303 e. The first-order valence-electron chi connectivity index (χ1n) is 7.19. The average Bonchev–Trinajstić information content (AvgIpc) is 2.40. The predicted octanol–water partition coefficient (Wildman–Crippen LogP) is 3.71. The number of aliphatic carboxylic acids is 1. The molecule has 19 heavy (non-hydrogen) atoms. The molecule has 3 nitrogen and oxygen atoms in total. The zero-order valence-electron chi connectivity index (χ0n) is 12.0. The van der Waals surface area contributed by atoms with Gasteiger partial charge >= 0.3 is 5.97 Å². The Labute approximate surface area is 116 Å². The van der Waals surface area contributed by atoms with E-state index in [1.807, 2.05) is 6.07 Å². The molecule has 1 rings (SSSR count). The fourth-order valence-corrected chi connectivity index (χ4v) is 2.52. The lowest BCUT2D eigenvalue weighted by Crippen LogP contribution is -2.30. The lowest BCUT2D eigenvalue weighted by molar-refractivity contribution is -0.137. The van der Waals surface area contributed by atoms with Crippen molar-refractivity contribution in [1.29, 1.82) is 0 Å². The Morgan fingerprint density at radius 3 is 2.42 bits per heavy atom. The number of rotatable bonds is 9. The van der Waals surface area contributed by atoms with Crippen molar-refractivity contribution in [2.45, 2.75) is 45.6 Å². The van der Waals surface area contributed by atoms with Crippen molar-refractivity contribution in [3.8, 4) is 0 Å². The Kier molecular flexibility index (Phi) is 7.19. The lowest BCUT2D eigenvalue weighted by Gasteiger charge is -2.31. The van der Waals surface area contributed by atoms with Gasteiger partial charge in [0.05, 0.1) is 0 Å². The minimum atomic E-state index is -0.704. The molecule has 0 fully saturated rings. The largest absolute Gasteiger partial charge is 0.481 e. The highest BCUT2D eigenvalue weighted by atomic mass is 16.4. The summed E-state index contributed by atoms with van der Waals surface area (Å²) in [5.41, 5.74) is 1.33. The molecule has 0 aromatic heterocycles. The van der Waals surface area contributed by atoms with Gasteiger partial charge in [0.2, 0.25) is 0 Å². The minimum Gasteiger partial charge on any atom is -0.481 e. The second kappa shape index (κ2) is 8.70. The summed E-state index contributed by atoms with van der Waals surface area (Å²) in [4.78, 5) is 13.0. The van der Waals surface area contributed by atoms with Crippen LogP contribution in [0, 0.1) is 0 Å². The minimum absolute atomic E-state index is 0.255. The summed E-state index contributed by atoms with van der Waals surface area (Å²) in [6.45, 7) is 6.24. The van der Waals surface area contributed by atoms with Crippen molar-refractivity contribution >= 4 is 5.97 Å². The van der Waals surface area contributed by atoms with Crippen LogP contribution in [0.5, 0.6) is 0 Å². The molecule has 106 valence electrons. The standard InChI is InChI=1S/C16H25NO2/c1-3-12-17(13-8-11-16(18)19)15(4-2)14-9-6-5-7-10-14/h5-7,9-10,15H,3-4,8,11-13H2,1-2H3,(H,18,19). The van der Waals surface area contributed by atoms with Crippen molar-refractivity contribution in [2.75, 3.05) is 13.1 Å². The summed E-state index contributed by atoms with van der Waals surface area (Å²) in [7, 11) is 0. The van der Waals surface area contributed by atoms with Gasteiger partial charge in [-0.25, -0.2) is 0 Å².